The molecule has 3 rings (SSSR count). The van der Waals surface area contributed by atoms with Crippen LogP contribution in [-0.2, 0) is 0 Å². The van der Waals surface area contributed by atoms with Crippen molar-refractivity contribution in [1.82, 2.24) is 10.3 Å². The van der Waals surface area contributed by atoms with Gasteiger partial charge in [-0.05, 0) is 36.8 Å². The second kappa shape index (κ2) is 8.16. The number of aromatic amines is 1. The largest absolute Gasteiger partial charge is 0.491 e. The van der Waals surface area contributed by atoms with Crippen LogP contribution in [0.4, 0.5) is 0 Å². The van der Waals surface area contributed by atoms with Gasteiger partial charge in [0.25, 0.3) is 11.5 Å². The molecule has 0 radical (unpaired) electrons. The maximum absolute atomic E-state index is 12.6. The molecule has 0 aliphatic heterocycles. The fraction of sp³-hybridized carbons (Fsp3) is 0.143. The Hall–Kier alpha value is -3.34. The second-order valence-electron chi connectivity index (χ2n) is 5.94. The molecular weight excluding hydrogens is 328 g/mol. The molecule has 2 aromatic carbocycles. The van der Waals surface area contributed by atoms with Crippen molar-refractivity contribution in [2.75, 3.05) is 6.61 Å². The number of carbonyl (C=O) groups excluding carboxylic acids is 1. The third-order valence-electron chi connectivity index (χ3n) is 3.97. The summed E-state index contributed by atoms with van der Waals surface area (Å²) in [4.78, 5) is 27.3. The summed E-state index contributed by atoms with van der Waals surface area (Å²) in [6, 6.07) is 21.8. The molecule has 1 heterocycles. The van der Waals surface area contributed by atoms with E-state index >= 15 is 0 Å². The molecular formula is C21H20N2O3. The Balaban J connectivity index is 1.79. The monoisotopic (exact) mass is 348 g/mol. The molecule has 0 bridgehead atoms. The van der Waals surface area contributed by atoms with Crippen molar-refractivity contribution in [2.45, 2.75) is 13.0 Å². The molecule has 0 unspecified atom stereocenters. The fourth-order valence-corrected chi connectivity index (χ4v) is 2.59. The molecule has 132 valence electrons. The second-order valence-corrected chi connectivity index (χ2v) is 5.94. The molecule has 0 saturated heterocycles. The number of amides is 1. The van der Waals surface area contributed by atoms with E-state index in [1.54, 1.807) is 13.0 Å². The first-order valence-corrected chi connectivity index (χ1v) is 8.37. The van der Waals surface area contributed by atoms with Gasteiger partial charge in [0, 0.05) is 5.69 Å². The Kier molecular flexibility index (Phi) is 5.49. The minimum atomic E-state index is -0.434. The van der Waals surface area contributed by atoms with Gasteiger partial charge in [0.15, 0.2) is 0 Å². The van der Waals surface area contributed by atoms with Crippen molar-refractivity contribution in [1.29, 1.82) is 0 Å². The van der Waals surface area contributed by atoms with E-state index in [1.165, 1.54) is 6.07 Å². The van der Waals surface area contributed by atoms with Gasteiger partial charge in [-0.25, -0.2) is 0 Å². The quantitative estimate of drug-likeness (QED) is 0.718. The SMILES string of the molecule is Cc1ccc(C(=O)N[C@H](COc2ccccc2)c2ccccc2)c(=O)[nH]1. The molecule has 1 aromatic heterocycles. The number of H-pyrrole nitrogens is 1. The molecule has 1 amide bonds. The molecule has 0 fully saturated rings. The zero-order valence-electron chi connectivity index (χ0n) is 14.4. The number of rotatable bonds is 6. The van der Waals surface area contributed by atoms with Crippen LogP contribution in [-0.4, -0.2) is 17.5 Å². The van der Waals surface area contributed by atoms with Crippen LogP contribution in [0.1, 0.15) is 27.7 Å². The van der Waals surface area contributed by atoms with Crippen molar-refractivity contribution >= 4 is 5.91 Å². The highest BCUT2D eigenvalue weighted by Gasteiger charge is 2.18. The van der Waals surface area contributed by atoms with Gasteiger partial charge in [-0.3, -0.25) is 9.59 Å². The molecule has 3 aromatic rings. The summed E-state index contributed by atoms with van der Waals surface area (Å²) >= 11 is 0. The number of benzene rings is 2. The average molecular weight is 348 g/mol. The predicted octanol–water partition coefficient (Wildman–Crippen LogP) is 3.23. The van der Waals surface area contributed by atoms with Crippen LogP contribution >= 0.6 is 0 Å². The topological polar surface area (TPSA) is 71.2 Å². The highest BCUT2D eigenvalue weighted by molar-refractivity contribution is 5.94. The van der Waals surface area contributed by atoms with Crippen LogP contribution in [0.5, 0.6) is 5.75 Å². The molecule has 26 heavy (non-hydrogen) atoms. The highest BCUT2D eigenvalue weighted by Crippen LogP contribution is 2.16. The third kappa shape index (κ3) is 4.39. The van der Waals surface area contributed by atoms with Gasteiger partial charge in [-0.2, -0.15) is 0 Å². The van der Waals surface area contributed by atoms with E-state index in [-0.39, 0.29) is 18.2 Å². The molecule has 5 heteroatoms. The van der Waals surface area contributed by atoms with E-state index in [4.69, 9.17) is 4.74 Å². The van der Waals surface area contributed by atoms with Gasteiger partial charge in [0.1, 0.15) is 17.9 Å². The minimum Gasteiger partial charge on any atom is -0.491 e. The van der Waals surface area contributed by atoms with Crippen molar-refractivity contribution in [3.05, 3.63) is 100.0 Å². The predicted molar refractivity (Wildman–Crippen MR) is 100 cm³/mol. The van der Waals surface area contributed by atoms with Gasteiger partial charge in [-0.15, -0.1) is 0 Å². The number of hydrogen-bond donors (Lipinski definition) is 2. The van der Waals surface area contributed by atoms with Gasteiger partial charge in [0.05, 0.1) is 6.04 Å². The lowest BCUT2D eigenvalue weighted by Crippen LogP contribution is -2.35. The van der Waals surface area contributed by atoms with E-state index in [1.807, 2.05) is 60.7 Å². The average Bonchev–Trinajstić information content (AvgIpc) is 2.66. The number of aromatic nitrogens is 1. The van der Waals surface area contributed by atoms with Crippen LogP contribution in [0, 0.1) is 6.92 Å². The summed E-state index contributed by atoms with van der Waals surface area (Å²) in [6.45, 7) is 2.02. The van der Waals surface area contributed by atoms with Gasteiger partial charge in [0.2, 0.25) is 0 Å². The first-order chi connectivity index (χ1) is 12.6. The molecule has 1 atom stereocenters. The van der Waals surface area contributed by atoms with E-state index in [0.29, 0.717) is 5.69 Å². The Bertz CT molecular complexity index is 921. The zero-order chi connectivity index (χ0) is 18.4. The zero-order valence-corrected chi connectivity index (χ0v) is 14.4. The number of ether oxygens (including phenoxy) is 1. The normalized spacial score (nSPS) is 11.6. The van der Waals surface area contributed by atoms with E-state index in [0.717, 1.165) is 11.3 Å². The fourth-order valence-electron chi connectivity index (χ4n) is 2.59. The van der Waals surface area contributed by atoms with Crippen molar-refractivity contribution in [3.63, 3.8) is 0 Å². The summed E-state index contributed by atoms with van der Waals surface area (Å²) < 4.78 is 5.81. The van der Waals surface area contributed by atoms with E-state index < -0.39 is 11.5 Å². The van der Waals surface area contributed by atoms with Crippen LogP contribution in [0.15, 0.2) is 77.6 Å². The number of carbonyl (C=O) groups is 1. The smallest absolute Gasteiger partial charge is 0.260 e. The summed E-state index contributed by atoms with van der Waals surface area (Å²) in [6.07, 6.45) is 0. The van der Waals surface area contributed by atoms with E-state index in [9.17, 15) is 9.59 Å². The van der Waals surface area contributed by atoms with Crippen LogP contribution in [0.25, 0.3) is 0 Å². The lowest BCUT2D eigenvalue weighted by atomic mass is 10.1. The standard InChI is InChI=1S/C21H20N2O3/c1-15-12-13-18(20(24)22-15)21(25)23-19(16-8-4-2-5-9-16)14-26-17-10-6-3-7-11-17/h2-13,19H,14H2,1H3,(H,22,24)(H,23,25)/t19-/m1/s1. The number of nitrogens with one attached hydrogen (secondary N) is 2. The minimum absolute atomic E-state index is 0.0799. The lowest BCUT2D eigenvalue weighted by molar-refractivity contribution is 0.0919. The van der Waals surface area contributed by atoms with Gasteiger partial charge in [-0.1, -0.05) is 48.5 Å². The molecule has 0 aliphatic carbocycles. The number of pyridine rings is 1. The van der Waals surface area contributed by atoms with Crippen molar-refractivity contribution in [3.8, 4) is 5.75 Å². The van der Waals surface area contributed by atoms with Crippen molar-refractivity contribution in [2.24, 2.45) is 0 Å². The summed E-state index contributed by atoms with van der Waals surface area (Å²) in [5.74, 6) is 0.285. The Morgan fingerprint density at radius 3 is 2.31 bits per heavy atom. The Morgan fingerprint density at radius 2 is 1.65 bits per heavy atom. The Labute approximate surface area is 151 Å². The summed E-state index contributed by atoms with van der Waals surface area (Å²) in [7, 11) is 0. The number of hydrogen-bond acceptors (Lipinski definition) is 3. The van der Waals surface area contributed by atoms with Crippen LogP contribution < -0.4 is 15.6 Å². The molecule has 5 nitrogen and oxygen atoms in total. The molecule has 2 N–H and O–H groups in total. The lowest BCUT2D eigenvalue weighted by Gasteiger charge is -2.20. The molecule has 0 saturated carbocycles. The maximum atomic E-state index is 12.6. The summed E-state index contributed by atoms with van der Waals surface area (Å²) in [5.41, 5.74) is 1.29. The highest BCUT2D eigenvalue weighted by atomic mass is 16.5. The van der Waals surface area contributed by atoms with Gasteiger partial charge < -0.3 is 15.0 Å². The number of para-hydroxylation sites is 1. The number of aryl methyl sites for hydroxylation is 1. The third-order valence-corrected chi connectivity index (χ3v) is 3.97. The van der Waals surface area contributed by atoms with Crippen molar-refractivity contribution < 1.29 is 9.53 Å². The van der Waals surface area contributed by atoms with Crippen LogP contribution in [0.2, 0.25) is 0 Å². The summed E-state index contributed by atoms with van der Waals surface area (Å²) in [5, 5.41) is 2.90. The van der Waals surface area contributed by atoms with E-state index in [2.05, 4.69) is 10.3 Å². The van der Waals surface area contributed by atoms with Gasteiger partial charge >= 0.3 is 0 Å². The Morgan fingerprint density at radius 1 is 1.00 bits per heavy atom. The first kappa shape index (κ1) is 17.5. The molecule has 0 aliphatic rings. The van der Waals surface area contributed by atoms with Crippen LogP contribution in [0.3, 0.4) is 0 Å². The molecule has 0 spiro atoms. The first-order valence-electron chi connectivity index (χ1n) is 8.37. The maximum Gasteiger partial charge on any atom is 0.260 e.